The summed E-state index contributed by atoms with van der Waals surface area (Å²) in [7, 11) is 0. The molecule has 0 atom stereocenters. The van der Waals surface area contributed by atoms with Crippen LogP contribution in [0.1, 0.15) is 13.3 Å². The van der Waals surface area contributed by atoms with E-state index < -0.39 is 0 Å². The Balaban J connectivity index is 2.43. The Morgan fingerprint density at radius 1 is 1.56 bits per heavy atom. The van der Waals surface area contributed by atoms with Crippen molar-refractivity contribution in [3.8, 4) is 5.88 Å². The molecule has 0 saturated carbocycles. The molecule has 100 valence electrons. The molecule has 1 heterocycles. The average molecular weight is 267 g/mol. The minimum atomic E-state index is 0.514. The number of nitrogens with two attached hydrogens (primary N) is 1. The number of nitrogens with one attached hydrogen (secondary N) is 1. The third-order valence-electron chi connectivity index (χ3n) is 2.12. The molecular formula is C13H21N3OS. The van der Waals surface area contributed by atoms with Crippen LogP contribution >= 0.6 is 11.8 Å². The molecule has 0 unspecified atom stereocenters. The van der Waals surface area contributed by atoms with Crippen LogP contribution in [0.25, 0.3) is 0 Å². The Hall–Kier alpha value is -1.36. The summed E-state index contributed by atoms with van der Waals surface area (Å²) in [6, 6.07) is 3.68. The monoisotopic (exact) mass is 267 g/mol. The van der Waals surface area contributed by atoms with Crippen molar-refractivity contribution in [1.29, 1.82) is 0 Å². The zero-order valence-corrected chi connectivity index (χ0v) is 11.6. The fraction of sp³-hybridized carbons (Fsp3) is 0.462. The summed E-state index contributed by atoms with van der Waals surface area (Å²) in [5.41, 5.74) is 6.37. The number of anilines is 2. The van der Waals surface area contributed by atoms with Gasteiger partial charge in [0.1, 0.15) is 5.82 Å². The molecule has 1 aromatic heterocycles. The second-order valence-electron chi connectivity index (χ2n) is 3.73. The standard InChI is InChI=1S/C13H21N3OS/c1-3-8-17-13-11(14)5-6-12(16-13)15-7-10-18-9-4-2/h4-6H,2-3,7-10,14H2,1H3,(H,15,16). The average Bonchev–Trinajstić information content (AvgIpc) is 2.39. The largest absolute Gasteiger partial charge is 0.476 e. The minimum Gasteiger partial charge on any atom is -0.476 e. The molecule has 18 heavy (non-hydrogen) atoms. The van der Waals surface area contributed by atoms with Gasteiger partial charge in [-0.2, -0.15) is 16.7 Å². The second-order valence-corrected chi connectivity index (χ2v) is 4.88. The Morgan fingerprint density at radius 2 is 2.39 bits per heavy atom. The van der Waals surface area contributed by atoms with Crippen molar-refractivity contribution in [3.63, 3.8) is 0 Å². The molecule has 0 fully saturated rings. The molecule has 0 radical (unpaired) electrons. The molecule has 0 aliphatic rings. The Bertz CT molecular complexity index is 371. The maximum atomic E-state index is 5.79. The third-order valence-corrected chi connectivity index (χ3v) is 3.09. The van der Waals surface area contributed by atoms with Crippen LogP contribution in [0.3, 0.4) is 0 Å². The van der Waals surface area contributed by atoms with E-state index in [1.807, 2.05) is 30.0 Å². The van der Waals surface area contributed by atoms with Crippen LogP contribution in [-0.4, -0.2) is 29.6 Å². The van der Waals surface area contributed by atoms with Crippen molar-refractivity contribution in [3.05, 3.63) is 24.8 Å². The number of nitrogens with zero attached hydrogens (tertiary/aromatic N) is 1. The fourth-order valence-electron chi connectivity index (χ4n) is 1.28. The zero-order chi connectivity index (χ0) is 13.2. The van der Waals surface area contributed by atoms with Gasteiger partial charge in [-0.25, -0.2) is 0 Å². The van der Waals surface area contributed by atoms with Crippen LogP contribution in [0, 0.1) is 0 Å². The van der Waals surface area contributed by atoms with E-state index in [-0.39, 0.29) is 0 Å². The van der Waals surface area contributed by atoms with Crippen molar-refractivity contribution in [1.82, 2.24) is 4.98 Å². The maximum Gasteiger partial charge on any atom is 0.239 e. The summed E-state index contributed by atoms with van der Waals surface area (Å²) in [4.78, 5) is 4.34. The molecule has 3 N–H and O–H groups in total. The van der Waals surface area contributed by atoms with Gasteiger partial charge in [-0.1, -0.05) is 13.0 Å². The quantitative estimate of drug-likeness (QED) is 0.532. The Morgan fingerprint density at radius 3 is 3.11 bits per heavy atom. The number of pyridine rings is 1. The number of hydrogen-bond acceptors (Lipinski definition) is 5. The Labute approximate surface area is 113 Å². The number of thioether (sulfide) groups is 1. The molecule has 4 nitrogen and oxygen atoms in total. The van der Waals surface area contributed by atoms with E-state index in [2.05, 4.69) is 23.8 Å². The van der Waals surface area contributed by atoms with E-state index in [0.717, 1.165) is 30.3 Å². The van der Waals surface area contributed by atoms with Gasteiger partial charge >= 0.3 is 0 Å². The third kappa shape index (κ3) is 5.31. The molecule has 0 bridgehead atoms. The molecule has 5 heteroatoms. The van der Waals surface area contributed by atoms with Gasteiger partial charge in [-0.3, -0.25) is 0 Å². The van der Waals surface area contributed by atoms with Gasteiger partial charge in [-0.15, -0.1) is 6.58 Å². The van der Waals surface area contributed by atoms with E-state index in [0.29, 0.717) is 18.2 Å². The maximum absolute atomic E-state index is 5.79. The molecule has 0 amide bonds. The molecule has 0 saturated heterocycles. The highest BCUT2D eigenvalue weighted by Crippen LogP contribution is 2.20. The van der Waals surface area contributed by atoms with E-state index in [9.17, 15) is 0 Å². The zero-order valence-electron chi connectivity index (χ0n) is 10.8. The van der Waals surface area contributed by atoms with Crippen molar-refractivity contribution in [2.45, 2.75) is 13.3 Å². The van der Waals surface area contributed by atoms with Crippen molar-refractivity contribution < 1.29 is 4.74 Å². The van der Waals surface area contributed by atoms with Gasteiger partial charge in [0.2, 0.25) is 5.88 Å². The van der Waals surface area contributed by atoms with Gasteiger partial charge < -0.3 is 15.8 Å². The van der Waals surface area contributed by atoms with Crippen LogP contribution in [0.5, 0.6) is 5.88 Å². The van der Waals surface area contributed by atoms with Crippen molar-refractivity contribution >= 4 is 23.3 Å². The summed E-state index contributed by atoms with van der Waals surface area (Å²) < 4.78 is 5.48. The topological polar surface area (TPSA) is 60.2 Å². The van der Waals surface area contributed by atoms with Crippen LogP contribution in [0.2, 0.25) is 0 Å². The number of nitrogen functional groups attached to an aromatic ring is 1. The van der Waals surface area contributed by atoms with E-state index in [1.165, 1.54) is 0 Å². The lowest BCUT2D eigenvalue weighted by molar-refractivity contribution is 0.307. The lowest BCUT2D eigenvalue weighted by Crippen LogP contribution is -2.08. The van der Waals surface area contributed by atoms with Crippen LogP contribution < -0.4 is 15.8 Å². The molecule has 0 spiro atoms. The Kier molecular flexibility index (Phi) is 7.10. The number of aromatic nitrogens is 1. The first kappa shape index (κ1) is 14.7. The molecule has 0 aromatic carbocycles. The second kappa shape index (κ2) is 8.69. The van der Waals surface area contributed by atoms with Gasteiger partial charge in [0.05, 0.1) is 12.3 Å². The lowest BCUT2D eigenvalue weighted by Gasteiger charge is -2.10. The van der Waals surface area contributed by atoms with Crippen LogP contribution in [-0.2, 0) is 0 Å². The van der Waals surface area contributed by atoms with Gasteiger partial charge in [0, 0.05) is 18.1 Å². The molecule has 1 rings (SSSR count). The SMILES string of the molecule is C=CCSCCNc1ccc(N)c(OCCC)n1. The highest BCUT2D eigenvalue weighted by molar-refractivity contribution is 7.99. The summed E-state index contributed by atoms with van der Waals surface area (Å²) >= 11 is 1.83. The first-order valence-corrected chi connectivity index (χ1v) is 7.25. The number of hydrogen-bond donors (Lipinski definition) is 2. The summed E-state index contributed by atoms with van der Waals surface area (Å²) in [6.45, 7) is 7.23. The highest BCUT2D eigenvalue weighted by atomic mass is 32.2. The van der Waals surface area contributed by atoms with Gasteiger partial charge in [-0.05, 0) is 18.6 Å². The summed E-state index contributed by atoms with van der Waals surface area (Å²) in [5, 5.41) is 3.25. The smallest absolute Gasteiger partial charge is 0.239 e. The minimum absolute atomic E-state index is 0.514. The molecular weight excluding hydrogens is 246 g/mol. The first-order chi connectivity index (χ1) is 8.77. The lowest BCUT2D eigenvalue weighted by atomic mass is 10.4. The number of ether oxygens (including phenoxy) is 1. The van der Waals surface area contributed by atoms with E-state index in [4.69, 9.17) is 10.5 Å². The first-order valence-electron chi connectivity index (χ1n) is 6.09. The van der Waals surface area contributed by atoms with Crippen molar-refractivity contribution in [2.24, 2.45) is 0 Å². The van der Waals surface area contributed by atoms with Gasteiger partial charge in [0.25, 0.3) is 0 Å². The van der Waals surface area contributed by atoms with Gasteiger partial charge in [0.15, 0.2) is 0 Å². The van der Waals surface area contributed by atoms with Crippen molar-refractivity contribution in [2.75, 3.05) is 35.7 Å². The predicted molar refractivity (Wildman–Crippen MR) is 80.4 cm³/mol. The van der Waals surface area contributed by atoms with E-state index >= 15 is 0 Å². The highest BCUT2D eigenvalue weighted by Gasteiger charge is 2.03. The summed E-state index contributed by atoms with van der Waals surface area (Å²) in [5.74, 6) is 3.31. The van der Waals surface area contributed by atoms with Crippen LogP contribution in [0.4, 0.5) is 11.5 Å². The molecule has 1 aromatic rings. The molecule has 0 aliphatic heterocycles. The summed E-state index contributed by atoms with van der Waals surface area (Å²) in [6.07, 6.45) is 2.85. The molecule has 0 aliphatic carbocycles. The van der Waals surface area contributed by atoms with Crippen LogP contribution in [0.15, 0.2) is 24.8 Å². The van der Waals surface area contributed by atoms with E-state index in [1.54, 1.807) is 0 Å². The number of rotatable bonds is 9. The fourth-order valence-corrected chi connectivity index (χ4v) is 1.86. The normalized spacial score (nSPS) is 10.1. The predicted octanol–water partition coefficient (Wildman–Crippen LogP) is 2.78.